The molecule has 0 aromatic carbocycles. The van der Waals surface area contributed by atoms with Gasteiger partial charge in [-0.1, -0.05) is 11.6 Å². The number of nitrogens with zero attached hydrogens (tertiary/aromatic N) is 1. The monoisotopic (exact) mass is 346 g/mol. The Kier molecular flexibility index (Phi) is 5.37. The molecule has 126 valence electrons. The summed E-state index contributed by atoms with van der Waals surface area (Å²) in [5.74, 6) is -0.575. The fourth-order valence-electron chi connectivity index (χ4n) is 2.17. The SMILES string of the molecule is CC(=O)OCC1OC(n2cc(/C=C/Cl)c(=O)[nH]c2=O)C(O)C1O. The van der Waals surface area contributed by atoms with Crippen molar-refractivity contribution in [1.29, 1.82) is 0 Å². The Labute approximate surface area is 134 Å². The molecule has 1 aliphatic rings. The molecule has 1 fully saturated rings. The second-order valence-corrected chi connectivity index (χ2v) is 5.14. The molecule has 4 unspecified atom stereocenters. The summed E-state index contributed by atoms with van der Waals surface area (Å²) in [5, 5.41) is 20.0. The van der Waals surface area contributed by atoms with Gasteiger partial charge in [-0.15, -0.1) is 0 Å². The first-order chi connectivity index (χ1) is 10.8. The molecule has 4 atom stereocenters. The average molecular weight is 347 g/mol. The molecule has 1 aromatic heterocycles. The minimum Gasteiger partial charge on any atom is -0.463 e. The van der Waals surface area contributed by atoms with Crippen molar-refractivity contribution < 1.29 is 24.5 Å². The lowest BCUT2D eigenvalue weighted by atomic mass is 10.1. The van der Waals surface area contributed by atoms with Crippen LogP contribution in [0.1, 0.15) is 18.7 Å². The van der Waals surface area contributed by atoms with Crippen molar-refractivity contribution in [2.24, 2.45) is 0 Å². The highest BCUT2D eigenvalue weighted by Gasteiger charge is 2.44. The third-order valence-corrected chi connectivity index (χ3v) is 3.43. The Bertz CT molecular complexity index is 726. The van der Waals surface area contributed by atoms with Gasteiger partial charge >= 0.3 is 11.7 Å². The number of nitrogens with one attached hydrogen (secondary N) is 1. The molecule has 0 bridgehead atoms. The van der Waals surface area contributed by atoms with E-state index >= 15 is 0 Å². The van der Waals surface area contributed by atoms with E-state index in [1.165, 1.54) is 13.0 Å². The van der Waals surface area contributed by atoms with Crippen LogP contribution >= 0.6 is 11.6 Å². The smallest absolute Gasteiger partial charge is 0.330 e. The molecule has 0 spiro atoms. The Morgan fingerprint density at radius 2 is 2.17 bits per heavy atom. The van der Waals surface area contributed by atoms with Crippen LogP contribution in [0.15, 0.2) is 21.3 Å². The summed E-state index contributed by atoms with van der Waals surface area (Å²) >= 11 is 5.42. The lowest BCUT2D eigenvalue weighted by Gasteiger charge is -2.17. The number of aromatic nitrogens is 2. The van der Waals surface area contributed by atoms with Crippen molar-refractivity contribution in [2.45, 2.75) is 31.5 Å². The quantitative estimate of drug-likeness (QED) is 0.591. The third kappa shape index (κ3) is 3.70. The van der Waals surface area contributed by atoms with Crippen molar-refractivity contribution >= 4 is 23.6 Å². The van der Waals surface area contributed by atoms with Crippen molar-refractivity contribution in [2.75, 3.05) is 6.61 Å². The number of hydrogen-bond acceptors (Lipinski definition) is 7. The molecule has 0 radical (unpaired) electrons. The van der Waals surface area contributed by atoms with Crippen LogP contribution in [0, 0.1) is 0 Å². The van der Waals surface area contributed by atoms with Gasteiger partial charge in [0, 0.05) is 18.7 Å². The van der Waals surface area contributed by atoms with Gasteiger partial charge in [0.1, 0.15) is 24.9 Å². The van der Waals surface area contributed by atoms with Crippen molar-refractivity contribution in [3.05, 3.63) is 38.1 Å². The van der Waals surface area contributed by atoms with Crippen LogP contribution < -0.4 is 11.2 Å². The highest BCUT2D eigenvalue weighted by Crippen LogP contribution is 2.28. The fraction of sp³-hybridized carbons (Fsp3) is 0.462. The molecule has 2 rings (SSSR count). The van der Waals surface area contributed by atoms with Crippen LogP contribution in [-0.4, -0.2) is 50.7 Å². The molecule has 0 saturated carbocycles. The van der Waals surface area contributed by atoms with E-state index in [0.717, 1.165) is 16.3 Å². The van der Waals surface area contributed by atoms with E-state index in [1.54, 1.807) is 0 Å². The number of carbonyl (C=O) groups excluding carboxylic acids is 1. The largest absolute Gasteiger partial charge is 0.463 e. The highest BCUT2D eigenvalue weighted by atomic mass is 35.5. The van der Waals surface area contributed by atoms with Crippen LogP contribution in [0.5, 0.6) is 0 Å². The van der Waals surface area contributed by atoms with E-state index in [2.05, 4.69) is 4.98 Å². The van der Waals surface area contributed by atoms with Gasteiger partial charge in [-0.3, -0.25) is 19.1 Å². The first kappa shape index (κ1) is 17.4. The zero-order valence-corrected chi connectivity index (χ0v) is 12.8. The van der Waals surface area contributed by atoms with E-state index in [1.807, 2.05) is 0 Å². The molecule has 2 heterocycles. The Morgan fingerprint density at radius 1 is 1.48 bits per heavy atom. The number of ether oxygens (including phenoxy) is 2. The topological polar surface area (TPSA) is 131 Å². The van der Waals surface area contributed by atoms with Crippen molar-refractivity contribution in [3.8, 4) is 0 Å². The van der Waals surface area contributed by atoms with Gasteiger partial charge in [0.25, 0.3) is 5.56 Å². The average Bonchev–Trinajstić information content (AvgIpc) is 2.76. The number of hydrogen-bond donors (Lipinski definition) is 3. The number of carbonyl (C=O) groups is 1. The summed E-state index contributed by atoms with van der Waals surface area (Å²) in [6.07, 6.45) is -2.68. The van der Waals surface area contributed by atoms with Crippen LogP contribution in [0.25, 0.3) is 6.08 Å². The minimum atomic E-state index is -1.45. The van der Waals surface area contributed by atoms with Crippen molar-refractivity contribution in [3.63, 3.8) is 0 Å². The summed E-state index contributed by atoms with van der Waals surface area (Å²) in [7, 11) is 0. The van der Waals surface area contributed by atoms with Crippen LogP contribution in [0.4, 0.5) is 0 Å². The van der Waals surface area contributed by atoms with Gasteiger partial charge in [0.05, 0.1) is 5.56 Å². The molecular formula is C13H15ClN2O7. The molecule has 1 aliphatic heterocycles. The molecule has 3 N–H and O–H groups in total. The zero-order valence-electron chi connectivity index (χ0n) is 12.0. The van der Waals surface area contributed by atoms with Crippen LogP contribution in [0.2, 0.25) is 0 Å². The number of esters is 1. The Balaban J connectivity index is 2.31. The van der Waals surface area contributed by atoms with Gasteiger partial charge in [0.2, 0.25) is 0 Å². The maximum Gasteiger partial charge on any atom is 0.330 e. The Hall–Kier alpha value is -1.94. The maximum atomic E-state index is 11.9. The van der Waals surface area contributed by atoms with Gasteiger partial charge in [0.15, 0.2) is 6.23 Å². The summed E-state index contributed by atoms with van der Waals surface area (Å²) in [4.78, 5) is 36.4. The Morgan fingerprint density at radius 3 is 2.78 bits per heavy atom. The molecular weight excluding hydrogens is 332 g/mol. The van der Waals surface area contributed by atoms with Gasteiger partial charge < -0.3 is 19.7 Å². The highest BCUT2D eigenvalue weighted by molar-refractivity contribution is 6.27. The predicted molar refractivity (Wildman–Crippen MR) is 78.8 cm³/mol. The van der Waals surface area contributed by atoms with Gasteiger partial charge in [-0.05, 0) is 6.08 Å². The van der Waals surface area contributed by atoms with Crippen LogP contribution in [-0.2, 0) is 14.3 Å². The summed E-state index contributed by atoms with van der Waals surface area (Å²) < 4.78 is 11.0. The molecule has 23 heavy (non-hydrogen) atoms. The molecule has 9 nitrogen and oxygen atoms in total. The fourth-order valence-corrected chi connectivity index (χ4v) is 2.31. The van der Waals surface area contributed by atoms with Gasteiger partial charge in [-0.25, -0.2) is 4.79 Å². The summed E-state index contributed by atoms with van der Waals surface area (Å²) in [6, 6.07) is 0. The lowest BCUT2D eigenvalue weighted by molar-refractivity contribution is -0.147. The normalized spacial score (nSPS) is 27.5. The predicted octanol–water partition coefficient (Wildman–Crippen LogP) is -1.07. The lowest BCUT2D eigenvalue weighted by Crippen LogP contribution is -2.38. The second kappa shape index (κ2) is 7.09. The number of rotatable bonds is 4. The maximum absolute atomic E-state index is 11.9. The van der Waals surface area contributed by atoms with E-state index in [4.69, 9.17) is 21.1 Å². The van der Waals surface area contributed by atoms with E-state index < -0.39 is 41.8 Å². The number of aliphatic hydroxyl groups is 2. The number of H-pyrrole nitrogens is 1. The molecule has 1 aromatic rings. The number of halogens is 1. The zero-order chi connectivity index (χ0) is 17.1. The van der Waals surface area contributed by atoms with Crippen LogP contribution in [0.3, 0.4) is 0 Å². The van der Waals surface area contributed by atoms with E-state index in [-0.39, 0.29) is 12.2 Å². The van der Waals surface area contributed by atoms with Gasteiger partial charge in [-0.2, -0.15) is 0 Å². The minimum absolute atomic E-state index is 0.0633. The molecule has 0 aliphatic carbocycles. The first-order valence-corrected chi connectivity index (χ1v) is 7.06. The first-order valence-electron chi connectivity index (χ1n) is 6.62. The van der Waals surface area contributed by atoms with Crippen molar-refractivity contribution in [1.82, 2.24) is 9.55 Å². The standard InChI is InChI=1S/C13H15ClN2O7/c1-6(17)22-5-8-9(18)10(19)12(23-8)16-4-7(2-3-14)11(20)15-13(16)21/h2-4,8-10,12,18-19H,5H2,1H3,(H,15,20,21)/b3-2+. The number of aliphatic hydroxyl groups excluding tert-OH is 2. The molecule has 1 saturated heterocycles. The summed E-state index contributed by atoms with van der Waals surface area (Å²) in [6.45, 7) is 0.906. The third-order valence-electron chi connectivity index (χ3n) is 3.30. The molecule has 10 heteroatoms. The second-order valence-electron chi connectivity index (χ2n) is 4.89. The van der Waals surface area contributed by atoms with E-state index in [9.17, 15) is 24.6 Å². The summed E-state index contributed by atoms with van der Waals surface area (Å²) in [5.41, 5.74) is -0.337. The van der Waals surface area contributed by atoms with E-state index in [0.29, 0.717) is 0 Å². The number of aromatic amines is 1. The molecule has 0 amide bonds.